The minimum absolute atomic E-state index is 0.0114. The fourth-order valence-electron chi connectivity index (χ4n) is 5.12. The van der Waals surface area contributed by atoms with Crippen LogP contribution in [0.15, 0.2) is 24.8 Å². The van der Waals surface area contributed by atoms with Gasteiger partial charge in [0.1, 0.15) is 0 Å². The van der Waals surface area contributed by atoms with Gasteiger partial charge in [-0.3, -0.25) is 29.0 Å². The van der Waals surface area contributed by atoms with E-state index in [0.717, 1.165) is 32.4 Å². The van der Waals surface area contributed by atoms with E-state index in [2.05, 4.69) is 44.9 Å². The maximum absolute atomic E-state index is 13.3. The first kappa shape index (κ1) is 29.9. The Morgan fingerprint density at radius 2 is 1.44 bits per heavy atom. The summed E-state index contributed by atoms with van der Waals surface area (Å²) in [5.41, 5.74) is 0. The van der Waals surface area contributed by atoms with Crippen molar-refractivity contribution in [2.24, 2.45) is 29.6 Å². The average molecular weight is 503 g/mol. The Labute approximate surface area is 216 Å². The van der Waals surface area contributed by atoms with Crippen LogP contribution in [0.5, 0.6) is 0 Å². The van der Waals surface area contributed by atoms with Crippen molar-refractivity contribution in [1.29, 1.82) is 0 Å². The molecule has 0 aromatic heterocycles. The largest absolute Gasteiger partial charge is 0.315 e. The number of nitrogens with zero attached hydrogens (tertiary/aromatic N) is 2. The Hall–Kier alpha value is -2.32. The third kappa shape index (κ3) is 8.10. The molecule has 0 aromatic carbocycles. The first-order valence-corrected chi connectivity index (χ1v) is 13.7. The summed E-state index contributed by atoms with van der Waals surface area (Å²) in [5.74, 6) is -1.55. The van der Waals surface area contributed by atoms with Crippen LogP contribution in [0.3, 0.4) is 0 Å². The van der Waals surface area contributed by atoms with E-state index in [1.165, 1.54) is 9.80 Å². The van der Waals surface area contributed by atoms with E-state index >= 15 is 0 Å². The molecule has 8 heteroatoms. The van der Waals surface area contributed by atoms with Crippen molar-refractivity contribution in [3.63, 3.8) is 0 Å². The molecule has 0 radical (unpaired) electrons. The molecule has 2 saturated heterocycles. The Kier molecular flexibility index (Phi) is 12.5. The van der Waals surface area contributed by atoms with Crippen molar-refractivity contribution in [2.75, 3.05) is 39.3 Å². The fourth-order valence-corrected chi connectivity index (χ4v) is 5.12. The summed E-state index contributed by atoms with van der Waals surface area (Å²) in [5, 5.41) is 6.48. The van der Waals surface area contributed by atoms with E-state index in [1.807, 2.05) is 12.2 Å². The summed E-state index contributed by atoms with van der Waals surface area (Å²) in [6, 6.07) is 0. The fraction of sp³-hybridized carbons (Fsp3) is 0.714. The van der Waals surface area contributed by atoms with Crippen molar-refractivity contribution < 1.29 is 19.2 Å². The summed E-state index contributed by atoms with van der Waals surface area (Å²) in [6.07, 6.45) is 8.69. The molecule has 4 unspecified atom stereocenters. The Balaban J connectivity index is 2.17. The highest BCUT2D eigenvalue weighted by Gasteiger charge is 2.44. The minimum atomic E-state index is -0.530. The maximum Gasteiger partial charge on any atom is 0.236 e. The molecule has 8 nitrogen and oxygen atoms in total. The highest BCUT2D eigenvalue weighted by atomic mass is 16.2. The van der Waals surface area contributed by atoms with Gasteiger partial charge in [-0.25, -0.2) is 0 Å². The van der Waals surface area contributed by atoms with Crippen molar-refractivity contribution in [3.05, 3.63) is 24.8 Å². The van der Waals surface area contributed by atoms with Gasteiger partial charge in [0.15, 0.2) is 0 Å². The molecular formula is C28H46N4O4. The number of allylic oxidation sites excluding steroid dienone is 2. The number of carbonyl (C=O) groups is 4. The van der Waals surface area contributed by atoms with Crippen molar-refractivity contribution in [2.45, 2.75) is 59.8 Å². The second-order valence-corrected chi connectivity index (χ2v) is 10.4. The molecule has 2 heterocycles. The molecule has 2 rings (SSSR count). The zero-order chi connectivity index (χ0) is 26.7. The van der Waals surface area contributed by atoms with Gasteiger partial charge in [-0.05, 0) is 50.1 Å². The van der Waals surface area contributed by atoms with Gasteiger partial charge < -0.3 is 10.6 Å². The summed E-state index contributed by atoms with van der Waals surface area (Å²) in [4.78, 5) is 54.2. The van der Waals surface area contributed by atoms with E-state index in [1.54, 1.807) is 6.08 Å². The molecular weight excluding hydrogens is 456 g/mol. The van der Waals surface area contributed by atoms with Gasteiger partial charge in [0, 0.05) is 39.0 Å². The summed E-state index contributed by atoms with van der Waals surface area (Å²) >= 11 is 0. The molecule has 2 aliphatic heterocycles. The molecule has 0 aromatic rings. The number of amides is 4. The lowest BCUT2D eigenvalue weighted by Gasteiger charge is -2.28. The number of carbonyl (C=O) groups excluding carboxylic acids is 4. The molecule has 202 valence electrons. The molecule has 4 amide bonds. The zero-order valence-electron chi connectivity index (χ0n) is 22.6. The normalized spacial score (nSPS) is 22.5. The van der Waals surface area contributed by atoms with Gasteiger partial charge >= 0.3 is 0 Å². The molecule has 36 heavy (non-hydrogen) atoms. The van der Waals surface area contributed by atoms with Gasteiger partial charge in [0.25, 0.3) is 0 Å². The van der Waals surface area contributed by atoms with Crippen LogP contribution < -0.4 is 10.6 Å². The van der Waals surface area contributed by atoms with E-state index < -0.39 is 11.8 Å². The Bertz CT molecular complexity index is 809. The van der Waals surface area contributed by atoms with Gasteiger partial charge in [0.05, 0.1) is 11.8 Å². The Morgan fingerprint density at radius 1 is 0.889 bits per heavy atom. The van der Waals surface area contributed by atoms with Crippen LogP contribution in [0, 0.1) is 29.6 Å². The molecule has 2 aliphatic rings. The van der Waals surface area contributed by atoms with Crippen molar-refractivity contribution >= 4 is 23.6 Å². The predicted octanol–water partition coefficient (Wildman–Crippen LogP) is 2.76. The maximum atomic E-state index is 13.3. The number of imide groups is 2. The minimum Gasteiger partial charge on any atom is -0.315 e. The molecule has 4 atom stereocenters. The lowest BCUT2D eigenvalue weighted by Crippen LogP contribution is -2.38. The first-order chi connectivity index (χ1) is 17.2. The van der Waals surface area contributed by atoms with Gasteiger partial charge in [0.2, 0.25) is 23.6 Å². The zero-order valence-corrected chi connectivity index (χ0v) is 22.6. The first-order valence-electron chi connectivity index (χ1n) is 13.7. The Morgan fingerprint density at radius 3 is 1.97 bits per heavy atom. The average Bonchev–Trinajstić information content (AvgIpc) is 3.27. The van der Waals surface area contributed by atoms with Gasteiger partial charge in [-0.2, -0.15) is 0 Å². The monoisotopic (exact) mass is 502 g/mol. The smallest absolute Gasteiger partial charge is 0.236 e. The van der Waals surface area contributed by atoms with Crippen LogP contribution >= 0.6 is 0 Å². The summed E-state index contributed by atoms with van der Waals surface area (Å²) < 4.78 is 0. The third-order valence-electron chi connectivity index (χ3n) is 7.01. The van der Waals surface area contributed by atoms with Crippen LogP contribution in [0.2, 0.25) is 0 Å². The van der Waals surface area contributed by atoms with Gasteiger partial charge in [-0.15, -0.1) is 6.58 Å². The number of likely N-dealkylation sites (tertiary alicyclic amines) is 2. The second-order valence-electron chi connectivity index (χ2n) is 10.4. The number of hydrogen-bond acceptors (Lipinski definition) is 6. The summed E-state index contributed by atoms with van der Waals surface area (Å²) in [6.45, 7) is 16.0. The topological polar surface area (TPSA) is 98.8 Å². The van der Waals surface area contributed by atoms with Crippen molar-refractivity contribution in [1.82, 2.24) is 20.4 Å². The number of rotatable bonds is 17. The van der Waals surface area contributed by atoms with E-state index in [9.17, 15) is 19.2 Å². The second kappa shape index (κ2) is 15.1. The van der Waals surface area contributed by atoms with Crippen LogP contribution in [0.25, 0.3) is 0 Å². The standard InChI is InChI=1S/C28H46N4O4/c1-6-11-29-13-15-31-25(33)18-22(27(31)35)9-10-23(21(8-3)17-20(4)5)24-19-26(34)32(28(24)36)16-14-30-12-7-2/h8-10,20-24,29-30H,3,6-7,11-19H2,1-2,4-5H3. The molecule has 0 spiro atoms. The van der Waals surface area contributed by atoms with Gasteiger partial charge in [-0.1, -0.05) is 45.9 Å². The SMILES string of the molecule is C=CC(CC(C)C)C(C=CC1CC(=O)N(CCNCCC)C1=O)C1CC(=O)N(CCNCCC)C1=O. The highest BCUT2D eigenvalue weighted by Crippen LogP contribution is 2.36. The highest BCUT2D eigenvalue weighted by molar-refractivity contribution is 6.05. The quantitative estimate of drug-likeness (QED) is 0.180. The number of nitrogens with one attached hydrogen (secondary N) is 2. The van der Waals surface area contributed by atoms with Crippen LogP contribution in [0.4, 0.5) is 0 Å². The van der Waals surface area contributed by atoms with E-state index in [0.29, 0.717) is 32.1 Å². The molecule has 0 bridgehead atoms. The van der Waals surface area contributed by atoms with Crippen LogP contribution in [0.1, 0.15) is 59.8 Å². The molecule has 0 saturated carbocycles. The molecule has 2 N–H and O–H groups in total. The lowest BCUT2D eigenvalue weighted by molar-refractivity contribution is -0.140. The third-order valence-corrected chi connectivity index (χ3v) is 7.01. The van der Waals surface area contributed by atoms with Crippen LogP contribution in [-0.2, 0) is 19.2 Å². The predicted molar refractivity (Wildman–Crippen MR) is 142 cm³/mol. The summed E-state index contributed by atoms with van der Waals surface area (Å²) in [7, 11) is 0. The van der Waals surface area contributed by atoms with E-state index in [4.69, 9.17) is 0 Å². The number of hydrogen-bond donors (Lipinski definition) is 2. The molecule has 2 fully saturated rings. The lowest BCUT2D eigenvalue weighted by atomic mass is 9.76. The molecule has 0 aliphatic carbocycles. The van der Waals surface area contributed by atoms with Crippen LogP contribution in [-0.4, -0.2) is 72.7 Å². The van der Waals surface area contributed by atoms with E-state index in [-0.39, 0.29) is 48.3 Å². The van der Waals surface area contributed by atoms with Crippen molar-refractivity contribution in [3.8, 4) is 0 Å².